The van der Waals surface area contributed by atoms with E-state index < -0.39 is 0 Å². The van der Waals surface area contributed by atoms with E-state index in [2.05, 4.69) is 17.0 Å². The number of nitrogens with zero attached hydrogens (tertiary/aromatic N) is 1. The van der Waals surface area contributed by atoms with Gasteiger partial charge in [0.2, 0.25) is 0 Å². The van der Waals surface area contributed by atoms with Crippen LogP contribution in [0.3, 0.4) is 0 Å². The lowest BCUT2D eigenvalue weighted by molar-refractivity contribution is -0.0482. The van der Waals surface area contributed by atoms with E-state index in [0.717, 1.165) is 18.6 Å². The Balaban J connectivity index is 1.37. The molecule has 2 aliphatic carbocycles. The van der Waals surface area contributed by atoms with E-state index in [1.165, 1.54) is 70.1 Å². The summed E-state index contributed by atoms with van der Waals surface area (Å²) in [5.41, 5.74) is 3.78. The molecule has 2 unspecified atom stereocenters. The Labute approximate surface area is 162 Å². The third-order valence-corrected chi connectivity index (χ3v) is 7.86. The smallest absolute Gasteiger partial charge is 0.115 e. The van der Waals surface area contributed by atoms with Crippen LogP contribution in [0.1, 0.15) is 61.8 Å². The van der Waals surface area contributed by atoms with E-state index in [0.29, 0.717) is 16.6 Å². The summed E-state index contributed by atoms with van der Waals surface area (Å²) in [6, 6.07) is 10.3. The van der Waals surface area contributed by atoms with Gasteiger partial charge in [0, 0.05) is 18.4 Å². The summed E-state index contributed by atoms with van der Waals surface area (Å²) in [7, 11) is 0. The number of aromatic hydroxyl groups is 1. The topological polar surface area (TPSA) is 36.6 Å². The molecule has 3 aliphatic rings. The van der Waals surface area contributed by atoms with Crippen molar-refractivity contribution in [2.45, 2.75) is 63.2 Å². The van der Waals surface area contributed by atoms with Crippen LogP contribution in [0.2, 0.25) is 0 Å². The van der Waals surface area contributed by atoms with Gasteiger partial charge in [0.15, 0.2) is 0 Å². The molecule has 2 atom stereocenters. The van der Waals surface area contributed by atoms with E-state index in [9.17, 15) is 5.11 Å². The first-order chi connectivity index (χ1) is 13.2. The number of phenols is 1. The van der Waals surface area contributed by atoms with Crippen LogP contribution in [0.25, 0.3) is 0 Å². The number of phenolic OH excluding ortho intramolecular Hbond substituents is 1. The molecule has 0 radical (unpaired) electrons. The number of furan rings is 1. The predicted molar refractivity (Wildman–Crippen MR) is 107 cm³/mol. The monoisotopic (exact) mass is 365 g/mol. The minimum absolute atomic E-state index is 0.351. The van der Waals surface area contributed by atoms with Gasteiger partial charge < -0.3 is 14.4 Å². The minimum atomic E-state index is 0.351. The average molecular weight is 366 g/mol. The SMILES string of the molecule is Oc1ccc2c(c1)CCC13CCCCC21CCN(CCCc1ccco1)C3. The van der Waals surface area contributed by atoms with Crippen molar-refractivity contribution in [2.75, 3.05) is 19.6 Å². The van der Waals surface area contributed by atoms with E-state index in [1.807, 2.05) is 18.2 Å². The van der Waals surface area contributed by atoms with Crippen LogP contribution in [0, 0.1) is 5.41 Å². The van der Waals surface area contributed by atoms with Crippen LogP contribution in [0.15, 0.2) is 41.0 Å². The number of aryl methyl sites for hydroxylation is 2. The number of hydrogen-bond acceptors (Lipinski definition) is 3. The molecular weight excluding hydrogens is 334 g/mol. The number of likely N-dealkylation sites (tertiary alicyclic amines) is 1. The Morgan fingerprint density at radius 1 is 1.07 bits per heavy atom. The zero-order valence-electron chi connectivity index (χ0n) is 16.3. The summed E-state index contributed by atoms with van der Waals surface area (Å²) in [5, 5.41) is 9.98. The first-order valence-electron chi connectivity index (χ1n) is 10.8. The van der Waals surface area contributed by atoms with Crippen LogP contribution >= 0.6 is 0 Å². The molecule has 1 aliphatic heterocycles. The van der Waals surface area contributed by atoms with Crippen molar-refractivity contribution >= 4 is 0 Å². The van der Waals surface area contributed by atoms with Gasteiger partial charge in [-0.05, 0) is 92.4 Å². The van der Waals surface area contributed by atoms with Crippen LogP contribution < -0.4 is 0 Å². The van der Waals surface area contributed by atoms with Crippen molar-refractivity contribution in [1.29, 1.82) is 0 Å². The number of fused-ring (bicyclic) bond motifs is 1. The molecular formula is C24H31NO2. The summed E-state index contributed by atoms with van der Waals surface area (Å²) in [6.45, 7) is 3.65. The Morgan fingerprint density at radius 2 is 2.00 bits per heavy atom. The summed E-state index contributed by atoms with van der Waals surface area (Å²) in [5.74, 6) is 1.55. The van der Waals surface area contributed by atoms with E-state index in [-0.39, 0.29) is 0 Å². The van der Waals surface area contributed by atoms with Gasteiger partial charge in [-0.3, -0.25) is 0 Å². The third-order valence-electron chi connectivity index (χ3n) is 7.86. The largest absolute Gasteiger partial charge is 0.508 e. The molecule has 1 saturated heterocycles. The number of hydrogen-bond donors (Lipinski definition) is 1. The van der Waals surface area contributed by atoms with E-state index in [1.54, 1.807) is 11.8 Å². The van der Waals surface area contributed by atoms with Gasteiger partial charge in [-0.15, -0.1) is 0 Å². The van der Waals surface area contributed by atoms with Gasteiger partial charge in [-0.1, -0.05) is 18.9 Å². The maximum Gasteiger partial charge on any atom is 0.115 e. The van der Waals surface area contributed by atoms with E-state index >= 15 is 0 Å². The zero-order chi connectivity index (χ0) is 18.3. The highest BCUT2D eigenvalue weighted by Crippen LogP contribution is 2.62. The number of benzene rings is 1. The Bertz CT molecular complexity index is 799. The van der Waals surface area contributed by atoms with Crippen molar-refractivity contribution in [1.82, 2.24) is 4.90 Å². The molecule has 2 aromatic rings. The molecule has 1 aromatic heterocycles. The first-order valence-corrected chi connectivity index (χ1v) is 10.8. The molecule has 2 heterocycles. The molecule has 0 spiro atoms. The van der Waals surface area contributed by atoms with Gasteiger partial charge in [0.05, 0.1) is 6.26 Å². The fourth-order valence-corrected chi connectivity index (χ4v) is 6.62. The summed E-state index contributed by atoms with van der Waals surface area (Å²) in [4.78, 5) is 2.73. The lowest BCUT2D eigenvalue weighted by Crippen LogP contribution is -2.61. The second kappa shape index (κ2) is 6.70. The zero-order valence-corrected chi connectivity index (χ0v) is 16.3. The maximum absolute atomic E-state index is 9.98. The molecule has 0 amide bonds. The predicted octanol–water partition coefficient (Wildman–Crippen LogP) is 5.07. The Hall–Kier alpha value is -1.74. The first kappa shape index (κ1) is 17.4. The van der Waals surface area contributed by atoms with Crippen molar-refractivity contribution in [3.63, 3.8) is 0 Å². The maximum atomic E-state index is 9.98. The van der Waals surface area contributed by atoms with Crippen LogP contribution in [0.5, 0.6) is 5.75 Å². The van der Waals surface area contributed by atoms with Crippen molar-refractivity contribution in [3.05, 3.63) is 53.5 Å². The minimum Gasteiger partial charge on any atom is -0.508 e. The van der Waals surface area contributed by atoms with E-state index in [4.69, 9.17) is 4.42 Å². The van der Waals surface area contributed by atoms with Crippen LogP contribution in [-0.2, 0) is 18.3 Å². The normalized spacial score (nSPS) is 30.4. The van der Waals surface area contributed by atoms with Gasteiger partial charge in [-0.2, -0.15) is 0 Å². The highest BCUT2D eigenvalue weighted by Gasteiger charge is 2.57. The Morgan fingerprint density at radius 3 is 2.89 bits per heavy atom. The fraction of sp³-hybridized carbons (Fsp3) is 0.583. The van der Waals surface area contributed by atoms with Crippen molar-refractivity contribution in [2.24, 2.45) is 5.41 Å². The molecule has 5 rings (SSSR count). The highest BCUT2D eigenvalue weighted by molar-refractivity contribution is 5.45. The van der Waals surface area contributed by atoms with Crippen LogP contribution in [0.4, 0.5) is 0 Å². The summed E-state index contributed by atoms with van der Waals surface area (Å²) in [6.07, 6.45) is 13.2. The average Bonchev–Trinajstić information content (AvgIpc) is 3.20. The third kappa shape index (κ3) is 2.82. The quantitative estimate of drug-likeness (QED) is 0.822. The van der Waals surface area contributed by atoms with Gasteiger partial charge in [-0.25, -0.2) is 0 Å². The molecule has 1 saturated carbocycles. The van der Waals surface area contributed by atoms with Crippen LogP contribution in [-0.4, -0.2) is 29.6 Å². The molecule has 2 fully saturated rings. The van der Waals surface area contributed by atoms with Gasteiger partial charge in [0.25, 0.3) is 0 Å². The van der Waals surface area contributed by atoms with Gasteiger partial charge >= 0.3 is 0 Å². The van der Waals surface area contributed by atoms with Crippen molar-refractivity contribution < 1.29 is 9.52 Å². The standard InChI is InChI=1S/C24H31NO2/c26-20-7-8-22-19(17-20)9-12-23-10-1-2-11-24(22,23)13-15-25(18-23)14-3-5-21-6-4-16-27-21/h4,6-8,16-17,26H,1-3,5,9-15,18H2. The molecule has 3 heteroatoms. The lowest BCUT2D eigenvalue weighted by Gasteiger charge is -2.62. The number of rotatable bonds is 4. The molecule has 3 nitrogen and oxygen atoms in total. The number of piperidine rings is 1. The highest BCUT2D eigenvalue weighted by atomic mass is 16.3. The molecule has 27 heavy (non-hydrogen) atoms. The summed E-state index contributed by atoms with van der Waals surface area (Å²) >= 11 is 0. The van der Waals surface area contributed by atoms with Crippen molar-refractivity contribution in [3.8, 4) is 5.75 Å². The lowest BCUT2D eigenvalue weighted by atomic mass is 9.46. The second-order valence-electron chi connectivity index (χ2n) is 9.12. The molecule has 1 aromatic carbocycles. The fourth-order valence-electron chi connectivity index (χ4n) is 6.62. The van der Waals surface area contributed by atoms with Gasteiger partial charge in [0.1, 0.15) is 11.5 Å². The molecule has 1 N–H and O–H groups in total. The Kier molecular flexibility index (Phi) is 4.31. The molecule has 0 bridgehead atoms. The second-order valence-corrected chi connectivity index (χ2v) is 9.12. The summed E-state index contributed by atoms with van der Waals surface area (Å²) < 4.78 is 5.50. The molecule has 144 valence electrons.